The summed E-state index contributed by atoms with van der Waals surface area (Å²) in [6, 6.07) is 5.22. The maximum atomic E-state index is 11.3. The van der Waals surface area contributed by atoms with Gasteiger partial charge in [0.2, 0.25) is 10.0 Å². The number of nitrogens with two attached hydrogens (primary N) is 1. The van der Waals surface area contributed by atoms with E-state index < -0.39 is 10.0 Å². The van der Waals surface area contributed by atoms with Crippen LogP contribution in [0.15, 0.2) is 23.1 Å². The van der Waals surface area contributed by atoms with Crippen molar-refractivity contribution in [1.29, 1.82) is 0 Å². The van der Waals surface area contributed by atoms with Crippen LogP contribution in [-0.2, 0) is 14.8 Å². The number of hydrogen-bond donors (Lipinski definition) is 2. The summed E-state index contributed by atoms with van der Waals surface area (Å²) in [5.41, 5.74) is 1.84. The summed E-state index contributed by atoms with van der Waals surface area (Å²) in [4.78, 5) is 0.141. The van der Waals surface area contributed by atoms with E-state index in [2.05, 4.69) is 5.32 Å². The van der Waals surface area contributed by atoms with Crippen molar-refractivity contribution in [2.45, 2.75) is 30.7 Å². The Kier molecular flexibility index (Phi) is 3.89. The van der Waals surface area contributed by atoms with Gasteiger partial charge in [-0.05, 0) is 37.5 Å². The summed E-state index contributed by atoms with van der Waals surface area (Å²) in [5.74, 6) is 0. The molecule has 100 valence electrons. The highest BCUT2D eigenvalue weighted by Crippen LogP contribution is 2.22. The van der Waals surface area contributed by atoms with Crippen LogP contribution in [0.2, 0.25) is 0 Å². The fraction of sp³-hybridized carbons (Fsp3) is 0.500. The SMILES string of the molecule is Cc1ccc(S(N)(=O)=O)cc1NC1CCOCC1. The first-order valence-corrected chi connectivity index (χ1v) is 7.49. The van der Waals surface area contributed by atoms with E-state index in [-0.39, 0.29) is 4.90 Å². The molecule has 1 fully saturated rings. The van der Waals surface area contributed by atoms with Crippen LogP contribution in [0.25, 0.3) is 0 Å². The first-order chi connectivity index (χ1) is 8.47. The highest BCUT2D eigenvalue weighted by atomic mass is 32.2. The summed E-state index contributed by atoms with van der Waals surface area (Å²) in [6.45, 7) is 3.42. The van der Waals surface area contributed by atoms with Gasteiger partial charge in [-0.25, -0.2) is 13.6 Å². The topological polar surface area (TPSA) is 81.4 Å². The van der Waals surface area contributed by atoms with Crippen molar-refractivity contribution in [1.82, 2.24) is 0 Å². The first kappa shape index (κ1) is 13.3. The summed E-state index contributed by atoms with van der Waals surface area (Å²) in [5, 5.41) is 8.49. The molecule has 1 saturated heterocycles. The second-order valence-electron chi connectivity index (χ2n) is 4.55. The fourth-order valence-electron chi connectivity index (χ4n) is 2.00. The summed E-state index contributed by atoms with van der Waals surface area (Å²) in [6.07, 6.45) is 1.86. The van der Waals surface area contributed by atoms with Gasteiger partial charge in [0.15, 0.2) is 0 Å². The van der Waals surface area contributed by atoms with Crippen LogP contribution in [0.1, 0.15) is 18.4 Å². The molecule has 0 amide bonds. The normalized spacial score (nSPS) is 17.7. The third-order valence-corrected chi connectivity index (χ3v) is 4.03. The molecule has 1 heterocycles. The second-order valence-corrected chi connectivity index (χ2v) is 6.11. The zero-order valence-electron chi connectivity index (χ0n) is 10.3. The summed E-state index contributed by atoms with van der Waals surface area (Å²) >= 11 is 0. The predicted molar refractivity (Wildman–Crippen MR) is 70.0 cm³/mol. The number of aryl methyl sites for hydroxylation is 1. The number of hydrogen-bond acceptors (Lipinski definition) is 4. The van der Waals surface area contributed by atoms with Gasteiger partial charge >= 0.3 is 0 Å². The van der Waals surface area contributed by atoms with Crippen molar-refractivity contribution in [2.24, 2.45) is 5.14 Å². The lowest BCUT2D eigenvalue weighted by molar-refractivity contribution is 0.0904. The molecule has 0 aliphatic carbocycles. The van der Waals surface area contributed by atoms with Gasteiger partial charge in [-0.15, -0.1) is 0 Å². The van der Waals surface area contributed by atoms with E-state index in [4.69, 9.17) is 9.88 Å². The van der Waals surface area contributed by atoms with Crippen LogP contribution in [0.4, 0.5) is 5.69 Å². The molecule has 1 aromatic carbocycles. The lowest BCUT2D eigenvalue weighted by Crippen LogP contribution is -2.28. The lowest BCUT2D eigenvalue weighted by atomic mass is 10.1. The van der Waals surface area contributed by atoms with Crippen LogP contribution >= 0.6 is 0 Å². The minimum absolute atomic E-state index is 0.141. The van der Waals surface area contributed by atoms with E-state index in [1.807, 2.05) is 6.92 Å². The highest BCUT2D eigenvalue weighted by Gasteiger charge is 2.16. The summed E-state index contributed by atoms with van der Waals surface area (Å²) in [7, 11) is -3.65. The standard InChI is InChI=1S/C12H18N2O3S/c1-9-2-3-11(18(13,15)16)8-12(9)14-10-4-6-17-7-5-10/h2-3,8,10,14H,4-7H2,1H3,(H2,13,15,16). The Labute approximate surface area is 107 Å². The first-order valence-electron chi connectivity index (χ1n) is 5.94. The predicted octanol–water partition coefficient (Wildman–Crippen LogP) is 1.23. The molecule has 1 aliphatic heterocycles. The lowest BCUT2D eigenvalue weighted by Gasteiger charge is -2.25. The molecule has 0 spiro atoms. The van der Waals surface area contributed by atoms with E-state index in [0.29, 0.717) is 6.04 Å². The number of benzene rings is 1. The largest absolute Gasteiger partial charge is 0.382 e. The van der Waals surface area contributed by atoms with Gasteiger partial charge < -0.3 is 10.1 Å². The Bertz CT molecular complexity index is 522. The Morgan fingerprint density at radius 1 is 1.33 bits per heavy atom. The molecular formula is C12H18N2O3S. The Morgan fingerprint density at radius 3 is 2.61 bits per heavy atom. The van der Waals surface area contributed by atoms with Crippen molar-refractivity contribution in [3.63, 3.8) is 0 Å². The quantitative estimate of drug-likeness (QED) is 0.865. The molecule has 5 nitrogen and oxygen atoms in total. The summed E-state index contributed by atoms with van der Waals surface area (Å²) < 4.78 is 27.9. The van der Waals surface area contributed by atoms with Crippen LogP contribution in [-0.4, -0.2) is 27.7 Å². The van der Waals surface area contributed by atoms with Gasteiger partial charge in [-0.2, -0.15) is 0 Å². The molecule has 6 heteroatoms. The van der Waals surface area contributed by atoms with Gasteiger partial charge in [0.25, 0.3) is 0 Å². The van der Waals surface area contributed by atoms with Crippen LogP contribution in [0.3, 0.4) is 0 Å². The van der Waals surface area contributed by atoms with E-state index >= 15 is 0 Å². The van der Waals surface area contributed by atoms with Gasteiger partial charge in [0.05, 0.1) is 4.90 Å². The number of anilines is 1. The number of nitrogens with one attached hydrogen (secondary N) is 1. The van der Waals surface area contributed by atoms with Crippen LogP contribution in [0.5, 0.6) is 0 Å². The molecular weight excluding hydrogens is 252 g/mol. The molecule has 2 rings (SSSR count). The highest BCUT2D eigenvalue weighted by molar-refractivity contribution is 7.89. The van der Waals surface area contributed by atoms with E-state index in [1.165, 1.54) is 6.07 Å². The van der Waals surface area contributed by atoms with E-state index in [9.17, 15) is 8.42 Å². The Hall–Kier alpha value is -1.11. The molecule has 0 saturated carbocycles. The molecule has 0 aromatic heterocycles. The zero-order chi connectivity index (χ0) is 13.2. The minimum atomic E-state index is -3.65. The number of primary sulfonamides is 1. The molecule has 18 heavy (non-hydrogen) atoms. The molecule has 1 aliphatic rings. The zero-order valence-corrected chi connectivity index (χ0v) is 11.2. The molecule has 0 atom stereocenters. The van der Waals surface area contributed by atoms with Crippen molar-refractivity contribution in [3.05, 3.63) is 23.8 Å². The molecule has 0 radical (unpaired) electrons. The number of rotatable bonds is 3. The Morgan fingerprint density at radius 2 is 2.00 bits per heavy atom. The maximum absolute atomic E-state index is 11.3. The average Bonchev–Trinajstić information content (AvgIpc) is 2.32. The second kappa shape index (κ2) is 5.26. The van der Waals surface area contributed by atoms with Crippen molar-refractivity contribution in [3.8, 4) is 0 Å². The van der Waals surface area contributed by atoms with Gasteiger partial charge in [0, 0.05) is 24.9 Å². The van der Waals surface area contributed by atoms with Crippen molar-refractivity contribution in [2.75, 3.05) is 18.5 Å². The van der Waals surface area contributed by atoms with Gasteiger partial charge in [-0.3, -0.25) is 0 Å². The van der Waals surface area contributed by atoms with E-state index in [0.717, 1.165) is 37.3 Å². The molecule has 3 N–H and O–H groups in total. The minimum Gasteiger partial charge on any atom is -0.382 e. The van der Waals surface area contributed by atoms with Crippen molar-refractivity contribution >= 4 is 15.7 Å². The molecule has 1 aromatic rings. The third kappa shape index (κ3) is 3.22. The number of sulfonamides is 1. The van der Waals surface area contributed by atoms with Gasteiger partial charge in [-0.1, -0.05) is 6.07 Å². The maximum Gasteiger partial charge on any atom is 0.238 e. The van der Waals surface area contributed by atoms with Crippen molar-refractivity contribution < 1.29 is 13.2 Å². The smallest absolute Gasteiger partial charge is 0.238 e. The third-order valence-electron chi connectivity index (χ3n) is 3.12. The van der Waals surface area contributed by atoms with Gasteiger partial charge in [0.1, 0.15) is 0 Å². The van der Waals surface area contributed by atoms with Crippen LogP contribution < -0.4 is 10.5 Å². The monoisotopic (exact) mass is 270 g/mol. The van der Waals surface area contributed by atoms with Crippen LogP contribution in [0, 0.1) is 6.92 Å². The Balaban J connectivity index is 2.21. The molecule has 0 unspecified atom stereocenters. The fourth-order valence-corrected chi connectivity index (χ4v) is 2.54. The number of ether oxygens (including phenoxy) is 1. The van der Waals surface area contributed by atoms with E-state index in [1.54, 1.807) is 12.1 Å². The molecule has 0 bridgehead atoms. The average molecular weight is 270 g/mol.